The van der Waals surface area contributed by atoms with Gasteiger partial charge >= 0.3 is 11.9 Å². The maximum Gasteiger partial charge on any atom is 0.335 e. The highest BCUT2D eigenvalue weighted by molar-refractivity contribution is 5.94. The predicted octanol–water partition coefficient (Wildman–Crippen LogP) is 3.42. The molecule has 0 heterocycles. The van der Waals surface area contributed by atoms with Crippen LogP contribution >= 0.6 is 0 Å². The lowest BCUT2D eigenvalue weighted by Crippen LogP contribution is -1.95. The van der Waals surface area contributed by atoms with Gasteiger partial charge in [0.15, 0.2) is 0 Å². The van der Waals surface area contributed by atoms with Gasteiger partial charge < -0.3 is 10.2 Å². The van der Waals surface area contributed by atoms with E-state index in [1.165, 1.54) is 0 Å². The molecule has 0 fully saturated rings. The predicted molar refractivity (Wildman–Crippen MR) is 76.8 cm³/mol. The minimum Gasteiger partial charge on any atom is -0.481 e. The minimum atomic E-state index is -0.940. The van der Waals surface area contributed by atoms with Crippen molar-refractivity contribution in [2.75, 3.05) is 0 Å². The Kier molecular flexibility index (Phi) is 4.15. The van der Waals surface area contributed by atoms with Gasteiger partial charge in [-0.15, -0.1) is 0 Å². The monoisotopic (exact) mass is 270 g/mol. The molecule has 0 bridgehead atoms. The van der Waals surface area contributed by atoms with Crippen molar-refractivity contribution in [2.45, 2.75) is 12.8 Å². The second-order valence-corrected chi connectivity index (χ2v) is 4.46. The molecule has 2 aromatic carbocycles. The van der Waals surface area contributed by atoms with Gasteiger partial charge in [0.05, 0.1) is 5.56 Å². The number of rotatable bonds is 5. The van der Waals surface area contributed by atoms with E-state index in [-0.39, 0.29) is 12.0 Å². The number of carboxylic acids is 2. The van der Waals surface area contributed by atoms with Crippen LogP contribution in [-0.4, -0.2) is 22.2 Å². The number of benzene rings is 2. The van der Waals surface area contributed by atoms with Crippen molar-refractivity contribution in [1.82, 2.24) is 0 Å². The number of fused-ring (bicyclic) bond motifs is 1. The van der Waals surface area contributed by atoms with Crippen LogP contribution in [0, 0.1) is 0 Å². The Morgan fingerprint density at radius 2 is 1.70 bits per heavy atom. The summed E-state index contributed by atoms with van der Waals surface area (Å²) in [5, 5.41) is 19.3. The number of carboxylic acid groups (broad SMARTS) is 2. The molecular formula is C16H14O4. The molecule has 0 spiro atoms. The smallest absolute Gasteiger partial charge is 0.335 e. The Bertz CT molecular complexity index is 686. The standard InChI is InChI=1S/C16H14O4/c17-15(18)4-2-1-3-11-5-6-13-10-14(16(19)20)8-7-12(13)9-11/h1,3,5-10H,2,4H2,(H,17,18)(H,19,20). The van der Waals surface area contributed by atoms with Gasteiger partial charge in [0.25, 0.3) is 0 Å². The van der Waals surface area contributed by atoms with Crippen LogP contribution in [0.3, 0.4) is 0 Å². The van der Waals surface area contributed by atoms with Crippen LogP contribution in [-0.2, 0) is 4.79 Å². The first kappa shape index (κ1) is 13.8. The fraction of sp³-hybridized carbons (Fsp3) is 0.125. The Balaban J connectivity index is 2.19. The summed E-state index contributed by atoms with van der Waals surface area (Å²) in [6.07, 6.45) is 4.30. The first-order chi connectivity index (χ1) is 9.56. The Morgan fingerprint density at radius 3 is 2.40 bits per heavy atom. The molecule has 2 aromatic rings. The first-order valence-electron chi connectivity index (χ1n) is 6.22. The van der Waals surface area contributed by atoms with Gasteiger partial charge in [-0.1, -0.05) is 30.4 Å². The summed E-state index contributed by atoms with van der Waals surface area (Å²) >= 11 is 0. The zero-order chi connectivity index (χ0) is 14.5. The number of aromatic carboxylic acids is 1. The quantitative estimate of drug-likeness (QED) is 0.873. The Morgan fingerprint density at radius 1 is 1.00 bits per heavy atom. The molecule has 0 amide bonds. The maximum atomic E-state index is 10.9. The molecule has 2 rings (SSSR count). The van der Waals surface area contributed by atoms with Crippen LogP contribution in [0.2, 0.25) is 0 Å². The number of hydrogen-bond donors (Lipinski definition) is 2. The van der Waals surface area contributed by atoms with Crippen molar-refractivity contribution in [3.05, 3.63) is 53.6 Å². The summed E-state index contributed by atoms with van der Waals surface area (Å²) in [5.74, 6) is -1.75. The van der Waals surface area contributed by atoms with Gasteiger partial charge in [-0.05, 0) is 41.0 Å². The summed E-state index contributed by atoms with van der Waals surface area (Å²) < 4.78 is 0. The van der Waals surface area contributed by atoms with E-state index in [0.717, 1.165) is 16.3 Å². The summed E-state index contributed by atoms with van der Waals surface area (Å²) in [6.45, 7) is 0. The van der Waals surface area contributed by atoms with E-state index in [0.29, 0.717) is 6.42 Å². The van der Waals surface area contributed by atoms with E-state index in [1.54, 1.807) is 18.2 Å². The van der Waals surface area contributed by atoms with Crippen molar-refractivity contribution in [1.29, 1.82) is 0 Å². The fourth-order valence-corrected chi connectivity index (χ4v) is 1.93. The van der Waals surface area contributed by atoms with Crippen LogP contribution in [0.4, 0.5) is 0 Å². The zero-order valence-electron chi connectivity index (χ0n) is 10.7. The minimum absolute atomic E-state index is 0.117. The van der Waals surface area contributed by atoms with Gasteiger partial charge in [-0.3, -0.25) is 4.79 Å². The molecule has 0 unspecified atom stereocenters. The number of carbonyl (C=O) groups is 2. The molecule has 0 radical (unpaired) electrons. The van der Waals surface area contributed by atoms with E-state index in [4.69, 9.17) is 10.2 Å². The molecule has 0 saturated heterocycles. The van der Waals surface area contributed by atoms with E-state index in [9.17, 15) is 9.59 Å². The highest BCUT2D eigenvalue weighted by Gasteiger charge is 2.03. The highest BCUT2D eigenvalue weighted by atomic mass is 16.4. The number of hydrogen-bond acceptors (Lipinski definition) is 2. The lowest BCUT2D eigenvalue weighted by Gasteiger charge is -2.01. The van der Waals surface area contributed by atoms with Crippen molar-refractivity contribution in [2.24, 2.45) is 0 Å². The molecule has 0 aliphatic carbocycles. The van der Waals surface area contributed by atoms with E-state index >= 15 is 0 Å². The highest BCUT2D eigenvalue weighted by Crippen LogP contribution is 2.19. The molecular weight excluding hydrogens is 256 g/mol. The van der Waals surface area contributed by atoms with E-state index in [2.05, 4.69) is 0 Å². The average molecular weight is 270 g/mol. The first-order valence-corrected chi connectivity index (χ1v) is 6.22. The molecule has 0 aliphatic heterocycles. The van der Waals surface area contributed by atoms with Crippen molar-refractivity contribution >= 4 is 28.8 Å². The van der Waals surface area contributed by atoms with Gasteiger partial charge in [0.1, 0.15) is 0 Å². The molecule has 20 heavy (non-hydrogen) atoms. The third-order valence-corrected chi connectivity index (χ3v) is 2.95. The van der Waals surface area contributed by atoms with Crippen molar-refractivity contribution in [3.8, 4) is 0 Å². The van der Waals surface area contributed by atoms with Gasteiger partial charge in [-0.25, -0.2) is 4.79 Å². The third kappa shape index (κ3) is 3.45. The zero-order valence-corrected chi connectivity index (χ0v) is 10.7. The molecule has 0 aromatic heterocycles. The molecule has 0 atom stereocenters. The molecule has 0 saturated carbocycles. The average Bonchev–Trinajstić information content (AvgIpc) is 2.42. The van der Waals surface area contributed by atoms with Crippen LogP contribution in [0.5, 0.6) is 0 Å². The molecule has 2 N–H and O–H groups in total. The lowest BCUT2D eigenvalue weighted by atomic mass is 10.0. The number of aliphatic carboxylic acids is 1. The topological polar surface area (TPSA) is 74.6 Å². The number of allylic oxidation sites excluding steroid dienone is 1. The Hall–Kier alpha value is -2.62. The van der Waals surface area contributed by atoms with Gasteiger partial charge in [0, 0.05) is 6.42 Å². The summed E-state index contributed by atoms with van der Waals surface area (Å²) in [7, 11) is 0. The molecule has 102 valence electrons. The van der Waals surface area contributed by atoms with Gasteiger partial charge in [0.2, 0.25) is 0 Å². The Labute approximate surface area is 116 Å². The molecule has 4 heteroatoms. The summed E-state index contributed by atoms with van der Waals surface area (Å²) in [6, 6.07) is 10.7. The van der Waals surface area contributed by atoms with Crippen LogP contribution in [0.25, 0.3) is 16.8 Å². The third-order valence-electron chi connectivity index (χ3n) is 2.95. The normalized spacial score (nSPS) is 11.0. The lowest BCUT2D eigenvalue weighted by molar-refractivity contribution is -0.136. The van der Waals surface area contributed by atoms with E-state index in [1.807, 2.05) is 30.4 Å². The largest absolute Gasteiger partial charge is 0.481 e. The summed E-state index contributed by atoms with van der Waals surface area (Å²) in [4.78, 5) is 21.3. The van der Waals surface area contributed by atoms with Gasteiger partial charge in [-0.2, -0.15) is 0 Å². The molecule has 0 aliphatic rings. The van der Waals surface area contributed by atoms with Crippen LogP contribution in [0.15, 0.2) is 42.5 Å². The molecule has 4 nitrogen and oxygen atoms in total. The van der Waals surface area contributed by atoms with Crippen LogP contribution < -0.4 is 0 Å². The van der Waals surface area contributed by atoms with E-state index < -0.39 is 11.9 Å². The van der Waals surface area contributed by atoms with Crippen LogP contribution in [0.1, 0.15) is 28.8 Å². The van der Waals surface area contributed by atoms with Crippen molar-refractivity contribution < 1.29 is 19.8 Å². The second kappa shape index (κ2) is 6.02. The van der Waals surface area contributed by atoms with Crippen molar-refractivity contribution in [3.63, 3.8) is 0 Å². The summed E-state index contributed by atoms with van der Waals surface area (Å²) in [5.41, 5.74) is 1.23. The SMILES string of the molecule is O=C(O)CCC=Cc1ccc2cc(C(=O)O)ccc2c1. The fourth-order valence-electron chi connectivity index (χ4n) is 1.93. The second-order valence-electron chi connectivity index (χ2n) is 4.46. The maximum absolute atomic E-state index is 10.9.